The van der Waals surface area contributed by atoms with Gasteiger partial charge in [-0.3, -0.25) is 0 Å². The number of nitriles is 1. The smallest absolute Gasteiger partial charge is 0.140 e. The number of aryl methyl sites for hydroxylation is 1. The Labute approximate surface area is 116 Å². The summed E-state index contributed by atoms with van der Waals surface area (Å²) in [6, 6.07) is 14.9. The Morgan fingerprint density at radius 1 is 1.15 bits per heavy atom. The molecule has 1 aromatic heterocycles. The van der Waals surface area contributed by atoms with Crippen LogP contribution in [-0.4, -0.2) is 4.57 Å². The highest BCUT2D eigenvalue weighted by atomic mass is 19.1. The maximum absolute atomic E-state index is 13.3. The molecule has 1 heterocycles. The fourth-order valence-corrected chi connectivity index (χ4v) is 2.41. The molecule has 0 unspecified atom stereocenters. The van der Waals surface area contributed by atoms with Gasteiger partial charge in [-0.1, -0.05) is 17.7 Å². The molecule has 98 valence electrons. The summed E-state index contributed by atoms with van der Waals surface area (Å²) in [7, 11) is 0. The summed E-state index contributed by atoms with van der Waals surface area (Å²) in [5.74, 6) is -0.468. The molecule has 2 nitrogen and oxygen atoms in total. The van der Waals surface area contributed by atoms with Crippen LogP contribution in [0.15, 0.2) is 48.7 Å². The Balaban J connectivity index is 1.99. The zero-order chi connectivity index (χ0) is 14.1. The van der Waals surface area contributed by atoms with Gasteiger partial charge >= 0.3 is 0 Å². The minimum Gasteiger partial charge on any atom is -0.343 e. The molecule has 2 aromatic carbocycles. The number of hydrogen-bond donors (Lipinski definition) is 0. The lowest BCUT2D eigenvalue weighted by atomic mass is 10.1. The molecule has 0 N–H and O–H groups in total. The highest BCUT2D eigenvalue weighted by Crippen LogP contribution is 2.19. The monoisotopic (exact) mass is 264 g/mol. The van der Waals surface area contributed by atoms with Gasteiger partial charge in [0.25, 0.3) is 0 Å². The Hall–Kier alpha value is -2.60. The van der Waals surface area contributed by atoms with Gasteiger partial charge in [0, 0.05) is 18.3 Å². The van der Waals surface area contributed by atoms with Crippen LogP contribution >= 0.6 is 0 Å². The number of hydrogen-bond acceptors (Lipinski definition) is 1. The van der Waals surface area contributed by atoms with Crippen molar-refractivity contribution in [3.05, 3.63) is 71.2 Å². The van der Waals surface area contributed by atoms with Gasteiger partial charge in [0.2, 0.25) is 0 Å². The molecule has 3 heteroatoms. The van der Waals surface area contributed by atoms with Gasteiger partial charge in [0.05, 0.1) is 5.56 Å². The predicted molar refractivity (Wildman–Crippen MR) is 76.9 cm³/mol. The molecule has 3 aromatic rings. The van der Waals surface area contributed by atoms with E-state index in [1.165, 1.54) is 17.0 Å². The molecule has 0 aliphatic rings. The fourth-order valence-electron chi connectivity index (χ4n) is 2.41. The van der Waals surface area contributed by atoms with Crippen molar-refractivity contribution in [1.29, 1.82) is 5.26 Å². The van der Waals surface area contributed by atoms with E-state index in [2.05, 4.69) is 35.8 Å². The number of aromatic nitrogens is 1. The summed E-state index contributed by atoms with van der Waals surface area (Å²) in [6.07, 6.45) is 2.01. The lowest BCUT2D eigenvalue weighted by Crippen LogP contribution is -1.99. The number of fused-ring (bicyclic) bond motifs is 1. The van der Waals surface area contributed by atoms with Crippen molar-refractivity contribution >= 4 is 10.9 Å². The summed E-state index contributed by atoms with van der Waals surface area (Å²) in [4.78, 5) is 0. The van der Waals surface area contributed by atoms with Crippen LogP contribution in [0.2, 0.25) is 0 Å². The maximum atomic E-state index is 13.3. The molecule has 3 rings (SSSR count). The Bertz CT molecular complexity index is 825. The van der Waals surface area contributed by atoms with Crippen molar-refractivity contribution in [2.24, 2.45) is 0 Å². The van der Waals surface area contributed by atoms with Gasteiger partial charge < -0.3 is 4.57 Å². The third-order valence-electron chi connectivity index (χ3n) is 3.43. The molecular weight excluding hydrogens is 251 g/mol. The van der Waals surface area contributed by atoms with E-state index in [0.717, 1.165) is 11.1 Å². The molecular formula is C17H13FN2. The first-order valence-electron chi connectivity index (χ1n) is 6.41. The zero-order valence-electron chi connectivity index (χ0n) is 11.1. The second kappa shape index (κ2) is 4.82. The molecule has 0 aliphatic heterocycles. The highest BCUT2D eigenvalue weighted by molar-refractivity contribution is 5.80. The third kappa shape index (κ3) is 2.17. The third-order valence-corrected chi connectivity index (χ3v) is 3.43. The van der Waals surface area contributed by atoms with Crippen LogP contribution < -0.4 is 0 Å². The van der Waals surface area contributed by atoms with E-state index in [9.17, 15) is 4.39 Å². The van der Waals surface area contributed by atoms with Crippen LogP contribution in [0.5, 0.6) is 0 Å². The van der Waals surface area contributed by atoms with Crippen molar-refractivity contribution in [3.63, 3.8) is 0 Å². The van der Waals surface area contributed by atoms with E-state index in [4.69, 9.17) is 5.26 Å². The molecule has 20 heavy (non-hydrogen) atoms. The van der Waals surface area contributed by atoms with Gasteiger partial charge in [0.15, 0.2) is 0 Å². The van der Waals surface area contributed by atoms with Crippen LogP contribution in [0.1, 0.15) is 16.7 Å². The molecule has 0 atom stereocenters. The van der Waals surface area contributed by atoms with Crippen LogP contribution in [-0.2, 0) is 6.54 Å². The molecule has 0 fully saturated rings. The first-order valence-corrected chi connectivity index (χ1v) is 6.41. The number of nitrogens with zero attached hydrogens (tertiary/aromatic N) is 2. The molecule has 0 aliphatic carbocycles. The minimum absolute atomic E-state index is 0.0924. The summed E-state index contributed by atoms with van der Waals surface area (Å²) < 4.78 is 15.4. The van der Waals surface area contributed by atoms with Gasteiger partial charge in [-0.05, 0) is 48.2 Å². The summed E-state index contributed by atoms with van der Waals surface area (Å²) >= 11 is 0. The summed E-state index contributed by atoms with van der Waals surface area (Å²) in [6.45, 7) is 2.69. The van der Waals surface area contributed by atoms with Gasteiger partial charge in [0.1, 0.15) is 11.9 Å². The fraction of sp³-hybridized carbons (Fsp3) is 0.118. The maximum Gasteiger partial charge on any atom is 0.140 e. The largest absolute Gasteiger partial charge is 0.343 e. The summed E-state index contributed by atoms with van der Waals surface area (Å²) in [5, 5.41) is 10.1. The molecule has 0 radical (unpaired) electrons. The molecule has 0 amide bonds. The van der Waals surface area contributed by atoms with Crippen LogP contribution in [0, 0.1) is 24.1 Å². The standard InChI is InChI=1S/C17H13FN2/c1-12-2-5-17-14(8-12)6-7-20(17)11-13-3-4-16(18)15(9-13)10-19/h2-9H,11H2,1H3. The van der Waals surface area contributed by atoms with Gasteiger partial charge in [-0.15, -0.1) is 0 Å². The van der Waals surface area contributed by atoms with Crippen molar-refractivity contribution in [2.75, 3.05) is 0 Å². The lowest BCUT2D eigenvalue weighted by Gasteiger charge is -2.07. The lowest BCUT2D eigenvalue weighted by molar-refractivity contribution is 0.622. The summed E-state index contributed by atoms with van der Waals surface area (Å²) in [5.41, 5.74) is 3.37. The topological polar surface area (TPSA) is 28.7 Å². The average Bonchev–Trinajstić information content (AvgIpc) is 2.83. The van der Waals surface area contributed by atoms with Crippen molar-refractivity contribution in [2.45, 2.75) is 13.5 Å². The van der Waals surface area contributed by atoms with Gasteiger partial charge in [-0.2, -0.15) is 5.26 Å². The molecule has 0 saturated carbocycles. The second-order valence-corrected chi connectivity index (χ2v) is 4.93. The van der Waals surface area contributed by atoms with E-state index in [1.807, 2.05) is 12.3 Å². The first-order chi connectivity index (χ1) is 9.67. The quantitative estimate of drug-likeness (QED) is 0.687. The van der Waals surface area contributed by atoms with E-state index >= 15 is 0 Å². The SMILES string of the molecule is Cc1ccc2c(ccn2Cc2ccc(F)c(C#N)c2)c1. The van der Waals surface area contributed by atoms with E-state index in [0.29, 0.717) is 6.54 Å². The van der Waals surface area contributed by atoms with E-state index < -0.39 is 5.82 Å². The molecule has 0 saturated heterocycles. The average molecular weight is 264 g/mol. The minimum atomic E-state index is -0.468. The van der Waals surface area contributed by atoms with Crippen LogP contribution in [0.25, 0.3) is 10.9 Å². The van der Waals surface area contributed by atoms with Crippen LogP contribution in [0.4, 0.5) is 4.39 Å². The van der Waals surface area contributed by atoms with Crippen molar-refractivity contribution in [3.8, 4) is 6.07 Å². The normalized spacial score (nSPS) is 10.7. The Morgan fingerprint density at radius 3 is 2.80 bits per heavy atom. The molecule has 0 spiro atoms. The van der Waals surface area contributed by atoms with Crippen molar-refractivity contribution in [1.82, 2.24) is 4.57 Å². The Kier molecular flexibility index (Phi) is 3.00. The van der Waals surface area contributed by atoms with Crippen LogP contribution in [0.3, 0.4) is 0 Å². The highest BCUT2D eigenvalue weighted by Gasteiger charge is 2.05. The molecule has 0 bridgehead atoms. The van der Waals surface area contributed by atoms with E-state index in [-0.39, 0.29) is 5.56 Å². The predicted octanol–water partition coefficient (Wildman–Crippen LogP) is 4.01. The second-order valence-electron chi connectivity index (χ2n) is 4.93. The number of halogens is 1. The van der Waals surface area contributed by atoms with Crippen molar-refractivity contribution < 1.29 is 4.39 Å². The van der Waals surface area contributed by atoms with E-state index in [1.54, 1.807) is 12.1 Å². The Morgan fingerprint density at radius 2 is 2.00 bits per heavy atom. The number of benzene rings is 2. The zero-order valence-corrected chi connectivity index (χ0v) is 11.1. The first kappa shape index (κ1) is 12.4. The van der Waals surface area contributed by atoms with Gasteiger partial charge in [-0.25, -0.2) is 4.39 Å². The number of rotatable bonds is 2.